The van der Waals surface area contributed by atoms with Crippen LogP contribution in [-0.2, 0) is 4.74 Å². The number of aliphatic hydroxyl groups is 1. The summed E-state index contributed by atoms with van der Waals surface area (Å²) in [5.41, 5.74) is 0.384. The lowest BCUT2D eigenvalue weighted by molar-refractivity contribution is -0.0424. The molecular weight excluding hydrogens is 337 g/mol. The van der Waals surface area contributed by atoms with Crippen molar-refractivity contribution in [2.45, 2.75) is 44.8 Å². The topological polar surface area (TPSA) is 41.5 Å². The zero-order chi connectivity index (χ0) is 15.2. The third-order valence-electron chi connectivity index (χ3n) is 3.99. The van der Waals surface area contributed by atoms with Gasteiger partial charge in [0.1, 0.15) is 5.82 Å². The van der Waals surface area contributed by atoms with Gasteiger partial charge in [0.15, 0.2) is 0 Å². The molecule has 1 aliphatic carbocycles. The lowest BCUT2D eigenvalue weighted by Gasteiger charge is -2.29. The molecule has 21 heavy (non-hydrogen) atoms. The number of rotatable bonds is 6. The van der Waals surface area contributed by atoms with Crippen molar-refractivity contribution < 1.29 is 14.2 Å². The second-order valence-corrected chi connectivity index (χ2v) is 6.71. The van der Waals surface area contributed by atoms with Crippen molar-refractivity contribution in [3.05, 3.63) is 28.5 Å². The zero-order valence-electron chi connectivity index (χ0n) is 12.3. The Bertz CT molecular complexity index is 458. The highest BCUT2D eigenvalue weighted by Gasteiger charge is 2.22. The van der Waals surface area contributed by atoms with Crippen molar-refractivity contribution in [1.82, 2.24) is 0 Å². The Morgan fingerprint density at radius 1 is 1.43 bits per heavy atom. The Balaban J connectivity index is 1.74. The van der Waals surface area contributed by atoms with E-state index < -0.39 is 6.10 Å². The number of halogens is 2. The minimum absolute atomic E-state index is 0.246. The standard InChI is InChI=1S/C16H23BrFNO2/c1-11-4-2-3-5-16(11)21-10-13(20)9-19-15-8-12(17)6-7-14(15)18/h6-8,11,13,16,19-20H,2-5,9-10H2,1H3. The lowest BCUT2D eigenvalue weighted by atomic mass is 9.88. The van der Waals surface area contributed by atoms with Gasteiger partial charge in [0, 0.05) is 11.0 Å². The number of benzene rings is 1. The molecular formula is C16H23BrFNO2. The van der Waals surface area contributed by atoms with Gasteiger partial charge >= 0.3 is 0 Å². The van der Waals surface area contributed by atoms with Crippen molar-refractivity contribution in [3.8, 4) is 0 Å². The summed E-state index contributed by atoms with van der Waals surface area (Å²) in [6, 6.07) is 4.69. The first-order valence-electron chi connectivity index (χ1n) is 7.55. The fraction of sp³-hybridized carbons (Fsp3) is 0.625. The maximum atomic E-state index is 13.6. The van der Waals surface area contributed by atoms with Crippen LogP contribution in [0.1, 0.15) is 32.6 Å². The van der Waals surface area contributed by atoms with Gasteiger partial charge < -0.3 is 15.2 Å². The molecule has 1 aliphatic rings. The summed E-state index contributed by atoms with van der Waals surface area (Å²) >= 11 is 3.30. The molecule has 2 rings (SSSR count). The molecule has 3 nitrogen and oxygen atoms in total. The summed E-state index contributed by atoms with van der Waals surface area (Å²) in [7, 11) is 0. The van der Waals surface area contributed by atoms with Crippen LogP contribution in [0.25, 0.3) is 0 Å². The molecule has 5 heteroatoms. The number of nitrogens with one attached hydrogen (secondary N) is 1. The quantitative estimate of drug-likeness (QED) is 0.807. The highest BCUT2D eigenvalue weighted by Crippen LogP contribution is 2.26. The van der Waals surface area contributed by atoms with Gasteiger partial charge in [-0.25, -0.2) is 4.39 Å². The number of hydrogen-bond donors (Lipinski definition) is 2. The van der Waals surface area contributed by atoms with E-state index in [9.17, 15) is 9.50 Å². The van der Waals surface area contributed by atoms with Crippen LogP contribution in [0.3, 0.4) is 0 Å². The molecule has 3 unspecified atom stereocenters. The molecule has 0 heterocycles. The van der Waals surface area contributed by atoms with E-state index >= 15 is 0 Å². The monoisotopic (exact) mass is 359 g/mol. The first kappa shape index (κ1) is 16.7. The molecule has 2 N–H and O–H groups in total. The van der Waals surface area contributed by atoms with Gasteiger partial charge in [0.2, 0.25) is 0 Å². The second kappa shape index (κ2) is 8.11. The number of hydrogen-bond acceptors (Lipinski definition) is 3. The van der Waals surface area contributed by atoms with E-state index in [-0.39, 0.29) is 25.1 Å². The van der Waals surface area contributed by atoms with Crippen molar-refractivity contribution in [3.63, 3.8) is 0 Å². The highest BCUT2D eigenvalue weighted by atomic mass is 79.9. The van der Waals surface area contributed by atoms with Crippen molar-refractivity contribution >= 4 is 21.6 Å². The third-order valence-corrected chi connectivity index (χ3v) is 4.49. The first-order valence-corrected chi connectivity index (χ1v) is 8.34. The largest absolute Gasteiger partial charge is 0.389 e. The summed E-state index contributed by atoms with van der Waals surface area (Å²) in [5, 5.41) is 12.9. The van der Waals surface area contributed by atoms with Crippen molar-refractivity contribution in [1.29, 1.82) is 0 Å². The fourth-order valence-electron chi connectivity index (χ4n) is 2.68. The molecule has 3 atom stereocenters. The summed E-state index contributed by atoms with van der Waals surface area (Å²) in [4.78, 5) is 0. The molecule has 0 saturated heterocycles. The van der Waals surface area contributed by atoms with Crippen LogP contribution in [-0.4, -0.2) is 30.5 Å². The van der Waals surface area contributed by atoms with Crippen molar-refractivity contribution in [2.75, 3.05) is 18.5 Å². The molecule has 1 fully saturated rings. The summed E-state index contributed by atoms with van der Waals surface area (Å²) in [5.74, 6) is 0.230. The van der Waals surface area contributed by atoms with Crippen molar-refractivity contribution in [2.24, 2.45) is 5.92 Å². The molecule has 0 aliphatic heterocycles. The van der Waals surface area contributed by atoms with E-state index in [1.54, 1.807) is 12.1 Å². The number of anilines is 1. The summed E-state index contributed by atoms with van der Waals surface area (Å²) in [6.07, 6.45) is 4.34. The van der Waals surface area contributed by atoms with Gasteiger partial charge in [0.05, 0.1) is 24.5 Å². The van der Waals surface area contributed by atoms with Crippen LogP contribution in [0.15, 0.2) is 22.7 Å². The van der Waals surface area contributed by atoms with Gasteiger partial charge in [-0.05, 0) is 37.0 Å². The number of aliphatic hydroxyl groups excluding tert-OH is 1. The normalized spacial score (nSPS) is 23.8. The number of ether oxygens (including phenoxy) is 1. The van der Waals surface area contributed by atoms with Gasteiger partial charge in [-0.3, -0.25) is 0 Å². The van der Waals surface area contributed by atoms with Gasteiger partial charge in [-0.15, -0.1) is 0 Å². The summed E-state index contributed by atoms with van der Waals surface area (Å²) < 4.78 is 20.2. The Hall–Kier alpha value is -0.650. The molecule has 1 saturated carbocycles. The lowest BCUT2D eigenvalue weighted by Crippen LogP contribution is -2.32. The van der Waals surface area contributed by atoms with Crippen LogP contribution in [0.4, 0.5) is 10.1 Å². The molecule has 1 aromatic rings. The summed E-state index contributed by atoms with van der Waals surface area (Å²) in [6.45, 7) is 2.76. The molecule has 118 valence electrons. The van der Waals surface area contributed by atoms with E-state index in [0.29, 0.717) is 11.6 Å². The molecule has 0 spiro atoms. The Labute approximate surface area is 134 Å². The Morgan fingerprint density at radius 3 is 2.95 bits per heavy atom. The smallest absolute Gasteiger partial charge is 0.146 e. The molecule has 0 bridgehead atoms. The van der Waals surface area contributed by atoms with Crippen LogP contribution in [0.5, 0.6) is 0 Å². The van der Waals surface area contributed by atoms with Crippen LogP contribution in [0.2, 0.25) is 0 Å². The van der Waals surface area contributed by atoms with Crippen LogP contribution < -0.4 is 5.32 Å². The van der Waals surface area contributed by atoms with E-state index in [1.807, 2.05) is 0 Å². The Kier molecular flexibility index (Phi) is 6.45. The van der Waals surface area contributed by atoms with E-state index in [1.165, 1.54) is 25.3 Å². The third kappa shape index (κ3) is 5.24. The SMILES string of the molecule is CC1CCCCC1OCC(O)CNc1cc(Br)ccc1F. The van der Waals surface area contributed by atoms with E-state index in [2.05, 4.69) is 28.2 Å². The van der Waals surface area contributed by atoms with Gasteiger partial charge in [0.25, 0.3) is 0 Å². The predicted octanol–water partition coefficient (Wildman–Crippen LogP) is 3.96. The average molecular weight is 360 g/mol. The van der Waals surface area contributed by atoms with Gasteiger partial charge in [-0.1, -0.05) is 35.7 Å². The van der Waals surface area contributed by atoms with Gasteiger partial charge in [-0.2, -0.15) is 0 Å². The average Bonchev–Trinajstić information content (AvgIpc) is 2.47. The molecule has 0 aromatic heterocycles. The fourth-order valence-corrected chi connectivity index (χ4v) is 3.05. The van der Waals surface area contributed by atoms with E-state index in [0.717, 1.165) is 10.9 Å². The minimum atomic E-state index is -0.641. The predicted molar refractivity (Wildman–Crippen MR) is 86.0 cm³/mol. The van der Waals surface area contributed by atoms with Crippen LogP contribution >= 0.6 is 15.9 Å². The maximum Gasteiger partial charge on any atom is 0.146 e. The van der Waals surface area contributed by atoms with E-state index in [4.69, 9.17) is 4.74 Å². The molecule has 0 radical (unpaired) electrons. The molecule has 0 amide bonds. The maximum absolute atomic E-state index is 13.6. The zero-order valence-corrected chi connectivity index (χ0v) is 13.9. The highest BCUT2D eigenvalue weighted by molar-refractivity contribution is 9.10. The molecule has 1 aromatic carbocycles. The minimum Gasteiger partial charge on any atom is -0.389 e. The first-order chi connectivity index (χ1) is 10.1. The second-order valence-electron chi connectivity index (χ2n) is 5.79. The van der Waals surface area contributed by atoms with Crippen LogP contribution in [0, 0.1) is 11.7 Å². The Morgan fingerprint density at radius 2 is 2.19 bits per heavy atom.